The molecule has 0 saturated heterocycles. The van der Waals surface area contributed by atoms with Crippen LogP contribution in [0.4, 0.5) is 0 Å². The summed E-state index contributed by atoms with van der Waals surface area (Å²) in [4.78, 5) is 0. The highest BCUT2D eigenvalue weighted by molar-refractivity contribution is 6.20. The van der Waals surface area contributed by atoms with E-state index in [1.807, 2.05) is 12.1 Å². The van der Waals surface area contributed by atoms with E-state index in [-0.39, 0.29) is 0 Å². The van der Waals surface area contributed by atoms with Crippen LogP contribution >= 0.6 is 0 Å². The second-order valence-corrected chi connectivity index (χ2v) is 10.4. The zero-order valence-corrected chi connectivity index (χ0v) is 21.4. The molecule has 0 saturated carbocycles. The van der Waals surface area contributed by atoms with Crippen molar-refractivity contribution in [1.29, 1.82) is 0 Å². The molecule has 0 unspecified atom stereocenters. The molecule has 0 aliphatic heterocycles. The highest BCUT2D eigenvalue weighted by Crippen LogP contribution is 2.39. The van der Waals surface area contributed by atoms with Gasteiger partial charge >= 0.3 is 0 Å². The van der Waals surface area contributed by atoms with Crippen LogP contribution in [-0.4, -0.2) is 5.16 Å². The molecule has 0 aliphatic carbocycles. The van der Waals surface area contributed by atoms with Gasteiger partial charge in [0.05, 0.1) is 5.39 Å². The second-order valence-electron chi connectivity index (χ2n) is 10.4. The summed E-state index contributed by atoms with van der Waals surface area (Å²) >= 11 is 0. The molecule has 2 aromatic heterocycles. The first-order chi connectivity index (χ1) is 19.8. The number of nitrogens with zero attached hydrogens (tertiary/aromatic N) is 1. The summed E-state index contributed by atoms with van der Waals surface area (Å²) < 4.78 is 12.2. The lowest BCUT2D eigenvalue weighted by atomic mass is 9.95. The number of hydrogen-bond acceptors (Lipinski definition) is 3. The van der Waals surface area contributed by atoms with Crippen molar-refractivity contribution in [1.82, 2.24) is 5.16 Å². The molecule has 0 N–H and O–H groups in total. The Hall–Kier alpha value is -5.41. The number of hydrogen-bond donors (Lipinski definition) is 0. The minimum absolute atomic E-state index is 0.819. The van der Waals surface area contributed by atoms with Crippen LogP contribution < -0.4 is 0 Å². The van der Waals surface area contributed by atoms with Gasteiger partial charge in [-0.3, -0.25) is 0 Å². The SMILES string of the molecule is c1ccc2cc(-c3noc4c3ccc3ccc5ccc(-c6ccc7oc8ccccc8c7c6)cc5c34)ccc2c1. The molecule has 0 amide bonds. The highest BCUT2D eigenvalue weighted by atomic mass is 16.5. The van der Waals surface area contributed by atoms with E-state index in [0.717, 1.165) is 71.5 Å². The van der Waals surface area contributed by atoms with Crippen LogP contribution in [0.5, 0.6) is 0 Å². The fourth-order valence-corrected chi connectivity index (χ4v) is 6.16. The monoisotopic (exact) mass is 511 g/mol. The van der Waals surface area contributed by atoms with E-state index in [1.54, 1.807) is 0 Å². The normalized spacial score (nSPS) is 12.0. The number of para-hydroxylation sites is 1. The average molecular weight is 512 g/mol. The van der Waals surface area contributed by atoms with Gasteiger partial charge in [-0.05, 0) is 74.5 Å². The molecule has 186 valence electrons. The zero-order chi connectivity index (χ0) is 26.2. The van der Waals surface area contributed by atoms with Gasteiger partial charge in [0.25, 0.3) is 0 Å². The van der Waals surface area contributed by atoms with Crippen molar-refractivity contribution in [2.24, 2.45) is 0 Å². The van der Waals surface area contributed by atoms with E-state index in [4.69, 9.17) is 8.94 Å². The Morgan fingerprint density at radius 1 is 0.425 bits per heavy atom. The molecule has 9 rings (SSSR count). The third-order valence-electron chi connectivity index (χ3n) is 8.17. The van der Waals surface area contributed by atoms with Gasteiger partial charge < -0.3 is 8.94 Å². The van der Waals surface area contributed by atoms with Crippen molar-refractivity contribution in [3.63, 3.8) is 0 Å². The van der Waals surface area contributed by atoms with E-state index in [1.165, 1.54) is 16.2 Å². The molecule has 0 atom stereocenters. The number of aromatic nitrogens is 1. The molecule has 2 heterocycles. The predicted octanol–water partition coefficient (Wildman–Crippen LogP) is 10.5. The summed E-state index contributed by atoms with van der Waals surface area (Å²) in [6.45, 7) is 0. The maximum absolute atomic E-state index is 6.12. The lowest BCUT2D eigenvalue weighted by Gasteiger charge is -2.08. The number of fused-ring (bicyclic) bond motifs is 9. The largest absolute Gasteiger partial charge is 0.456 e. The van der Waals surface area contributed by atoms with Crippen LogP contribution in [0.25, 0.3) is 87.6 Å². The lowest BCUT2D eigenvalue weighted by Crippen LogP contribution is -1.83. The lowest BCUT2D eigenvalue weighted by molar-refractivity contribution is 0.462. The van der Waals surface area contributed by atoms with Gasteiger partial charge in [0, 0.05) is 21.7 Å². The fraction of sp³-hybridized carbons (Fsp3) is 0. The summed E-state index contributed by atoms with van der Waals surface area (Å²) in [6, 6.07) is 44.8. The van der Waals surface area contributed by atoms with E-state index >= 15 is 0 Å². The van der Waals surface area contributed by atoms with Crippen molar-refractivity contribution in [3.8, 4) is 22.4 Å². The molecule has 3 heteroatoms. The van der Waals surface area contributed by atoms with Gasteiger partial charge in [0.2, 0.25) is 0 Å². The van der Waals surface area contributed by atoms with Gasteiger partial charge in [-0.1, -0.05) is 96.2 Å². The van der Waals surface area contributed by atoms with Crippen LogP contribution in [0.2, 0.25) is 0 Å². The number of rotatable bonds is 2. The first-order valence-electron chi connectivity index (χ1n) is 13.5. The van der Waals surface area contributed by atoms with Gasteiger partial charge in [-0.2, -0.15) is 0 Å². The maximum atomic E-state index is 6.12. The molecule has 9 aromatic rings. The van der Waals surface area contributed by atoms with E-state index in [2.05, 4.69) is 120 Å². The average Bonchev–Trinajstić information content (AvgIpc) is 3.62. The second kappa shape index (κ2) is 8.05. The van der Waals surface area contributed by atoms with E-state index < -0.39 is 0 Å². The Bertz CT molecular complexity index is 2440. The van der Waals surface area contributed by atoms with Crippen molar-refractivity contribution in [3.05, 3.63) is 127 Å². The van der Waals surface area contributed by atoms with Crippen molar-refractivity contribution in [2.75, 3.05) is 0 Å². The molecule has 0 spiro atoms. The van der Waals surface area contributed by atoms with Crippen molar-refractivity contribution < 1.29 is 8.94 Å². The molecule has 0 fully saturated rings. The summed E-state index contributed by atoms with van der Waals surface area (Å²) in [5.41, 5.74) is 6.86. The minimum atomic E-state index is 0.819. The van der Waals surface area contributed by atoms with Crippen LogP contribution in [-0.2, 0) is 0 Å². The Kier molecular flexibility index (Phi) is 4.33. The third kappa shape index (κ3) is 3.09. The molecular weight excluding hydrogens is 490 g/mol. The molecular formula is C37H21NO2. The number of furan rings is 1. The molecule has 3 nitrogen and oxygen atoms in total. The molecule has 0 radical (unpaired) electrons. The van der Waals surface area contributed by atoms with Crippen LogP contribution in [0.15, 0.2) is 136 Å². The van der Waals surface area contributed by atoms with Gasteiger partial charge in [-0.15, -0.1) is 0 Å². The standard InChI is InChI=1S/C37H21NO2/c1-2-6-25-19-28(14-9-22(25)5-1)36-30-17-15-24-12-10-23-11-13-26(20-31(23)35(24)37(30)40-38-36)27-16-18-34-32(21-27)29-7-3-4-8-33(29)39-34/h1-21H. The smallest absolute Gasteiger partial charge is 0.175 e. The minimum Gasteiger partial charge on any atom is -0.456 e. The van der Waals surface area contributed by atoms with E-state index in [0.29, 0.717) is 0 Å². The first-order valence-corrected chi connectivity index (χ1v) is 13.5. The molecule has 0 bridgehead atoms. The summed E-state index contributed by atoms with van der Waals surface area (Å²) in [5, 5.41) is 14.8. The zero-order valence-electron chi connectivity index (χ0n) is 21.4. The fourth-order valence-electron chi connectivity index (χ4n) is 6.16. The molecule has 7 aromatic carbocycles. The maximum Gasteiger partial charge on any atom is 0.175 e. The summed E-state index contributed by atoms with van der Waals surface area (Å²) in [7, 11) is 0. The van der Waals surface area contributed by atoms with Crippen LogP contribution in [0, 0.1) is 0 Å². The van der Waals surface area contributed by atoms with Crippen molar-refractivity contribution >= 4 is 65.2 Å². The third-order valence-corrected chi connectivity index (χ3v) is 8.17. The van der Waals surface area contributed by atoms with Crippen molar-refractivity contribution in [2.45, 2.75) is 0 Å². The highest BCUT2D eigenvalue weighted by Gasteiger charge is 2.16. The Balaban J connectivity index is 1.26. The van der Waals surface area contributed by atoms with Crippen LogP contribution in [0.1, 0.15) is 0 Å². The quantitative estimate of drug-likeness (QED) is 0.217. The van der Waals surface area contributed by atoms with Gasteiger partial charge in [0.1, 0.15) is 16.9 Å². The van der Waals surface area contributed by atoms with E-state index in [9.17, 15) is 0 Å². The summed E-state index contributed by atoms with van der Waals surface area (Å²) in [6.07, 6.45) is 0. The van der Waals surface area contributed by atoms with Gasteiger partial charge in [0.15, 0.2) is 5.58 Å². The Labute approximate surface area is 228 Å². The predicted molar refractivity (Wildman–Crippen MR) is 165 cm³/mol. The Morgan fingerprint density at radius 2 is 1.10 bits per heavy atom. The Morgan fingerprint density at radius 3 is 2.05 bits per heavy atom. The van der Waals surface area contributed by atoms with Crippen LogP contribution in [0.3, 0.4) is 0 Å². The molecule has 0 aliphatic rings. The first kappa shape index (κ1) is 21.5. The molecule has 40 heavy (non-hydrogen) atoms. The number of benzene rings is 7. The summed E-state index contributed by atoms with van der Waals surface area (Å²) in [5.74, 6) is 0. The topological polar surface area (TPSA) is 39.2 Å². The van der Waals surface area contributed by atoms with Gasteiger partial charge in [-0.25, -0.2) is 0 Å².